The molecule has 7 aliphatic rings. The average Bonchev–Trinajstić information content (AvgIpc) is 3.40. The predicted molar refractivity (Wildman–Crippen MR) is 155 cm³/mol. The predicted octanol–water partition coefficient (Wildman–Crippen LogP) is 3.25. The van der Waals surface area contributed by atoms with Crippen LogP contribution < -0.4 is 0 Å². The Labute approximate surface area is 251 Å². The Morgan fingerprint density at radius 3 is 2.33 bits per heavy atom. The zero-order valence-corrected chi connectivity index (χ0v) is 26.1. The first-order valence-corrected chi connectivity index (χ1v) is 17.2. The molecular weight excluding hydrogens is 536 g/mol. The number of fused-ring (bicyclic) bond motifs is 7. The van der Waals surface area contributed by atoms with Crippen LogP contribution >= 0.6 is 0 Å². The van der Waals surface area contributed by atoms with Gasteiger partial charge in [0.05, 0.1) is 24.4 Å². The van der Waals surface area contributed by atoms with Gasteiger partial charge in [0, 0.05) is 6.61 Å². The molecular formula is C34H56O8. The first kappa shape index (κ1) is 30.3. The molecule has 0 aromatic carbocycles. The molecule has 5 aliphatic carbocycles. The molecule has 7 rings (SSSR count). The minimum atomic E-state index is -1.48. The van der Waals surface area contributed by atoms with Gasteiger partial charge in [-0.3, -0.25) is 0 Å². The van der Waals surface area contributed by atoms with Crippen molar-refractivity contribution in [3.63, 3.8) is 0 Å². The van der Waals surface area contributed by atoms with Crippen LogP contribution in [0.5, 0.6) is 0 Å². The zero-order chi connectivity index (χ0) is 29.8. The van der Waals surface area contributed by atoms with E-state index in [2.05, 4.69) is 27.7 Å². The third-order valence-corrected chi connectivity index (χ3v) is 14.8. The lowest BCUT2D eigenvalue weighted by molar-refractivity contribution is -0.324. The minimum absolute atomic E-state index is 0.0477. The highest BCUT2D eigenvalue weighted by Gasteiger charge is 2.68. The smallest absolute Gasteiger partial charge is 0.187 e. The second-order valence-corrected chi connectivity index (χ2v) is 16.6. The maximum absolute atomic E-state index is 11.4. The fourth-order valence-electron chi connectivity index (χ4n) is 12.6. The molecule has 0 aromatic heterocycles. The molecule has 7 fully saturated rings. The summed E-state index contributed by atoms with van der Waals surface area (Å²) in [5, 5.41) is 51.9. The summed E-state index contributed by atoms with van der Waals surface area (Å²) in [5.74, 6) is 5.34. The van der Waals surface area contributed by atoms with E-state index in [0.717, 1.165) is 30.8 Å². The summed E-state index contributed by atoms with van der Waals surface area (Å²) in [5.41, 5.74) is 0.540. The van der Waals surface area contributed by atoms with Gasteiger partial charge in [0.2, 0.25) is 0 Å². The number of ether oxygens (including phenoxy) is 3. The first-order valence-electron chi connectivity index (χ1n) is 17.2. The van der Waals surface area contributed by atoms with Gasteiger partial charge in [-0.05, 0) is 122 Å². The second-order valence-electron chi connectivity index (χ2n) is 16.6. The fourth-order valence-corrected chi connectivity index (χ4v) is 12.6. The van der Waals surface area contributed by atoms with E-state index < -0.39 is 49.5 Å². The van der Waals surface area contributed by atoms with Crippen LogP contribution in [-0.4, -0.2) is 87.3 Å². The van der Waals surface area contributed by atoms with Crippen LogP contribution in [0.15, 0.2) is 0 Å². The molecule has 0 aromatic rings. The average molecular weight is 593 g/mol. The molecule has 5 saturated carbocycles. The van der Waals surface area contributed by atoms with Crippen molar-refractivity contribution < 1.29 is 39.7 Å². The van der Waals surface area contributed by atoms with Gasteiger partial charge in [-0.2, -0.15) is 0 Å². The monoisotopic (exact) mass is 592 g/mol. The third kappa shape index (κ3) is 4.36. The van der Waals surface area contributed by atoms with Gasteiger partial charge in [0.15, 0.2) is 6.29 Å². The number of hydrogen-bond acceptors (Lipinski definition) is 8. The lowest BCUT2D eigenvalue weighted by atomic mass is 9.44. The molecule has 18 atom stereocenters. The topological polar surface area (TPSA) is 129 Å². The van der Waals surface area contributed by atoms with Crippen molar-refractivity contribution in [2.24, 2.45) is 58.2 Å². The normalized spacial score (nSPS) is 60.9. The van der Waals surface area contributed by atoms with E-state index in [4.69, 9.17) is 14.2 Å². The maximum Gasteiger partial charge on any atom is 0.187 e. The minimum Gasteiger partial charge on any atom is -0.394 e. The van der Waals surface area contributed by atoms with Crippen LogP contribution in [0, 0.1) is 58.2 Å². The van der Waals surface area contributed by atoms with Crippen LogP contribution in [0.1, 0.15) is 91.9 Å². The number of aliphatic hydroxyl groups is 5. The molecule has 0 radical (unpaired) electrons. The zero-order valence-electron chi connectivity index (χ0n) is 26.1. The van der Waals surface area contributed by atoms with E-state index in [9.17, 15) is 25.5 Å². The molecule has 8 heteroatoms. The molecule has 8 nitrogen and oxygen atoms in total. The van der Waals surface area contributed by atoms with Crippen molar-refractivity contribution in [2.75, 3.05) is 13.2 Å². The summed E-state index contributed by atoms with van der Waals surface area (Å²) in [7, 11) is 0. The van der Waals surface area contributed by atoms with E-state index in [1.807, 2.05) is 0 Å². The molecule has 5 N–H and O–H groups in total. The molecule has 0 bridgehead atoms. The highest BCUT2D eigenvalue weighted by atomic mass is 16.7. The third-order valence-electron chi connectivity index (χ3n) is 14.8. The summed E-state index contributed by atoms with van der Waals surface area (Å²) in [4.78, 5) is 0. The van der Waals surface area contributed by atoms with Crippen LogP contribution in [-0.2, 0) is 14.2 Å². The molecule has 240 valence electrons. The lowest BCUT2D eigenvalue weighted by Crippen LogP contribution is -2.61. The molecule has 2 saturated heterocycles. The summed E-state index contributed by atoms with van der Waals surface area (Å²) >= 11 is 0. The van der Waals surface area contributed by atoms with Crippen molar-refractivity contribution in [3.8, 4) is 0 Å². The molecule has 0 unspecified atom stereocenters. The number of aliphatic hydroxyl groups excluding tert-OH is 5. The van der Waals surface area contributed by atoms with E-state index >= 15 is 0 Å². The van der Waals surface area contributed by atoms with Gasteiger partial charge in [-0.15, -0.1) is 0 Å². The van der Waals surface area contributed by atoms with E-state index in [-0.39, 0.29) is 11.0 Å². The Morgan fingerprint density at radius 1 is 0.833 bits per heavy atom. The van der Waals surface area contributed by atoms with Crippen LogP contribution in [0.25, 0.3) is 0 Å². The molecule has 0 amide bonds. The summed E-state index contributed by atoms with van der Waals surface area (Å²) in [6.45, 7) is 10.3. The summed E-state index contributed by atoms with van der Waals surface area (Å²) < 4.78 is 18.5. The Morgan fingerprint density at radius 2 is 1.62 bits per heavy atom. The van der Waals surface area contributed by atoms with E-state index in [1.165, 1.54) is 44.9 Å². The molecule has 2 aliphatic heterocycles. The second kappa shape index (κ2) is 10.6. The van der Waals surface area contributed by atoms with Crippen molar-refractivity contribution >= 4 is 0 Å². The highest BCUT2D eigenvalue weighted by molar-refractivity contribution is 5.17. The summed E-state index contributed by atoms with van der Waals surface area (Å²) in [6, 6.07) is 0. The van der Waals surface area contributed by atoms with Crippen molar-refractivity contribution in [1.82, 2.24) is 0 Å². The van der Waals surface area contributed by atoms with Crippen molar-refractivity contribution in [2.45, 2.75) is 140 Å². The van der Waals surface area contributed by atoms with Gasteiger partial charge in [0.1, 0.15) is 24.4 Å². The van der Waals surface area contributed by atoms with Crippen LogP contribution in [0.2, 0.25) is 0 Å². The lowest BCUT2D eigenvalue weighted by Gasteiger charge is -2.62. The van der Waals surface area contributed by atoms with Gasteiger partial charge >= 0.3 is 0 Å². The Bertz CT molecular complexity index is 998. The van der Waals surface area contributed by atoms with E-state index in [0.29, 0.717) is 47.8 Å². The Balaban J connectivity index is 1.05. The van der Waals surface area contributed by atoms with Gasteiger partial charge in [-0.1, -0.05) is 27.7 Å². The van der Waals surface area contributed by atoms with Gasteiger partial charge in [-0.25, -0.2) is 0 Å². The Kier molecular flexibility index (Phi) is 7.67. The quantitative estimate of drug-likeness (QED) is 0.316. The number of rotatable bonds is 3. The van der Waals surface area contributed by atoms with Crippen LogP contribution in [0.4, 0.5) is 0 Å². The number of hydrogen-bond donors (Lipinski definition) is 5. The SMILES string of the molecule is C[C@@H]1CC[C@]2(C[C@H]3C[C@H]4[C@@H]5CC[C@H]6C[C@@H](O[C@H]7O[C@H](CO)[C@@H](O)[C@H](O)[C@H]7O)[C@H](O)C[C@]6(C)[C@H]5CC[C@]4(C)[C@H]3[C@@H]2C)OC1. The summed E-state index contributed by atoms with van der Waals surface area (Å²) in [6.07, 6.45) is 3.62. The van der Waals surface area contributed by atoms with Crippen molar-refractivity contribution in [1.29, 1.82) is 0 Å². The first-order chi connectivity index (χ1) is 19.9. The largest absolute Gasteiger partial charge is 0.394 e. The molecule has 42 heavy (non-hydrogen) atoms. The Hall–Kier alpha value is -0.320. The maximum atomic E-state index is 11.4. The molecule has 2 heterocycles. The van der Waals surface area contributed by atoms with Gasteiger partial charge < -0.3 is 39.7 Å². The standard InChI is InChI=1S/C34H56O8/c1-17-7-10-34(40-16-17)13-19-11-23-21-6-5-20-12-25(41-31-30(39)29(38)28(37)26(15-35)42-31)24(36)14-33(20,4)22(21)8-9-32(23,3)27(19)18(34)2/h17-31,35-39H,5-16H2,1-4H3/t17-,18+,19-,20+,21-,22+,23+,24-,25-,26-,27+,28-,29+,30-,31+,32+,33+,34-/m1/s1. The fraction of sp³-hybridized carbons (Fsp3) is 1.00. The van der Waals surface area contributed by atoms with E-state index in [1.54, 1.807) is 0 Å². The van der Waals surface area contributed by atoms with Gasteiger partial charge in [0.25, 0.3) is 0 Å². The highest BCUT2D eigenvalue weighted by Crippen LogP contribution is 2.73. The van der Waals surface area contributed by atoms with Crippen molar-refractivity contribution in [3.05, 3.63) is 0 Å². The van der Waals surface area contributed by atoms with Crippen LogP contribution in [0.3, 0.4) is 0 Å². The molecule has 1 spiro atoms.